The highest BCUT2D eigenvalue weighted by atomic mass is 35.5. The maximum Gasteiger partial charge on any atom is 0.229 e. The molecule has 1 aliphatic rings. The van der Waals surface area contributed by atoms with Gasteiger partial charge in [0.25, 0.3) is 0 Å². The lowest BCUT2D eigenvalue weighted by Crippen LogP contribution is -2.28. The van der Waals surface area contributed by atoms with E-state index in [1.54, 1.807) is 0 Å². The number of halogens is 2. The molecule has 0 N–H and O–H groups in total. The van der Waals surface area contributed by atoms with Crippen LogP contribution in [-0.2, 0) is 4.79 Å². The van der Waals surface area contributed by atoms with Crippen LogP contribution in [0.15, 0.2) is 6.20 Å². The summed E-state index contributed by atoms with van der Waals surface area (Å²) >= 11 is 11.4. The smallest absolute Gasteiger partial charge is 0.229 e. The summed E-state index contributed by atoms with van der Waals surface area (Å²) in [5.41, 5.74) is -0.0435. The zero-order valence-corrected chi connectivity index (χ0v) is 9.09. The van der Waals surface area contributed by atoms with E-state index in [-0.39, 0.29) is 22.0 Å². The molecule has 1 aliphatic carbocycles. The molecule has 2 rings (SSSR count). The molecule has 0 atom stereocenters. The molecule has 4 nitrogen and oxygen atoms in total. The summed E-state index contributed by atoms with van der Waals surface area (Å²) in [6.07, 6.45) is 2.53. The van der Waals surface area contributed by atoms with Crippen LogP contribution in [0.2, 0.25) is 10.4 Å². The molecular weight excluding hydrogens is 237 g/mol. The first-order valence-electron chi connectivity index (χ1n) is 5.83. The summed E-state index contributed by atoms with van der Waals surface area (Å²) in [6, 6.07) is 0. The lowest BCUT2D eigenvalue weighted by atomic mass is 10.3. The van der Waals surface area contributed by atoms with Gasteiger partial charge in [0.2, 0.25) is 11.2 Å². The molecule has 1 aromatic rings. The third-order valence-corrected chi connectivity index (χ3v) is 2.54. The molecule has 0 aromatic carbocycles. The highest BCUT2D eigenvalue weighted by Gasteiger charge is 2.33. The summed E-state index contributed by atoms with van der Waals surface area (Å²) in [5.74, 6) is -0.736. The van der Waals surface area contributed by atoms with Crippen LogP contribution in [0.5, 0.6) is 0 Å². The first-order valence-corrected chi connectivity index (χ1v) is 5.08. The standard InChI is InChI=1S/C9H9Cl2N3O/c1-14(8(15)5-2-3-5)6-4-12-9(11)13-7(6)10/h4-5H,2-3H2,1H3/i1D3. The van der Waals surface area contributed by atoms with Gasteiger partial charge in [0, 0.05) is 17.0 Å². The van der Waals surface area contributed by atoms with Crippen LogP contribution >= 0.6 is 23.2 Å². The molecule has 1 amide bonds. The number of anilines is 1. The van der Waals surface area contributed by atoms with E-state index in [9.17, 15) is 4.79 Å². The van der Waals surface area contributed by atoms with Crippen molar-refractivity contribution in [3.05, 3.63) is 16.6 Å². The number of hydrogen-bond acceptors (Lipinski definition) is 3. The molecule has 15 heavy (non-hydrogen) atoms. The van der Waals surface area contributed by atoms with Crippen molar-refractivity contribution >= 4 is 34.8 Å². The molecule has 0 spiro atoms. The average molecular weight is 249 g/mol. The quantitative estimate of drug-likeness (QED) is 0.596. The van der Waals surface area contributed by atoms with Crippen LogP contribution in [0.4, 0.5) is 5.69 Å². The number of aromatic nitrogens is 2. The van der Waals surface area contributed by atoms with Gasteiger partial charge in [-0.05, 0) is 24.4 Å². The number of rotatable bonds is 2. The molecule has 6 heteroatoms. The maximum atomic E-state index is 12.0. The summed E-state index contributed by atoms with van der Waals surface area (Å²) < 4.78 is 22.3. The largest absolute Gasteiger partial charge is 0.311 e. The molecule has 1 saturated carbocycles. The summed E-state index contributed by atoms with van der Waals surface area (Å²) in [7, 11) is 0. The molecule has 1 fully saturated rings. The molecule has 1 heterocycles. The average Bonchev–Trinajstić information content (AvgIpc) is 3.03. The van der Waals surface area contributed by atoms with Crippen molar-refractivity contribution in [3.8, 4) is 0 Å². The van der Waals surface area contributed by atoms with E-state index in [4.69, 9.17) is 27.3 Å². The minimum absolute atomic E-state index is 0.0435. The third kappa shape index (κ3) is 2.21. The van der Waals surface area contributed by atoms with Crippen molar-refractivity contribution in [3.63, 3.8) is 0 Å². The predicted molar refractivity (Wildman–Crippen MR) is 58.2 cm³/mol. The van der Waals surface area contributed by atoms with Crippen LogP contribution in [0.3, 0.4) is 0 Å². The van der Waals surface area contributed by atoms with Gasteiger partial charge < -0.3 is 4.90 Å². The first kappa shape index (κ1) is 7.41. The summed E-state index contributed by atoms with van der Waals surface area (Å²) in [4.78, 5) is 20.0. The second-order valence-corrected chi connectivity index (χ2v) is 3.96. The van der Waals surface area contributed by atoms with Crippen molar-refractivity contribution in [1.82, 2.24) is 9.97 Å². The molecule has 0 aliphatic heterocycles. The van der Waals surface area contributed by atoms with Crippen LogP contribution in [-0.4, -0.2) is 22.9 Å². The predicted octanol–water partition coefficient (Wildman–Crippen LogP) is 2.16. The summed E-state index contributed by atoms with van der Waals surface area (Å²) in [5, 5.41) is -0.256. The van der Waals surface area contributed by atoms with Crippen LogP contribution in [0.25, 0.3) is 0 Å². The van der Waals surface area contributed by atoms with E-state index in [1.165, 1.54) is 0 Å². The molecular formula is C9H9Cl2N3O. The Balaban J connectivity index is 2.42. The highest BCUT2D eigenvalue weighted by molar-refractivity contribution is 6.34. The van der Waals surface area contributed by atoms with E-state index >= 15 is 0 Å². The van der Waals surface area contributed by atoms with Crippen LogP contribution in [0.1, 0.15) is 17.0 Å². The van der Waals surface area contributed by atoms with Gasteiger partial charge in [0.15, 0.2) is 5.15 Å². The van der Waals surface area contributed by atoms with Crippen molar-refractivity contribution in [2.45, 2.75) is 12.8 Å². The van der Waals surface area contributed by atoms with Gasteiger partial charge in [-0.3, -0.25) is 4.79 Å². The minimum atomic E-state index is -2.62. The second-order valence-electron chi connectivity index (χ2n) is 3.26. The van der Waals surface area contributed by atoms with Crippen LogP contribution in [0, 0.1) is 5.92 Å². The fourth-order valence-corrected chi connectivity index (χ4v) is 1.51. The topological polar surface area (TPSA) is 46.1 Å². The molecule has 1 aromatic heterocycles. The van der Waals surface area contributed by atoms with Crippen molar-refractivity contribution in [2.24, 2.45) is 5.92 Å². The van der Waals surface area contributed by atoms with Gasteiger partial charge in [0.05, 0.1) is 11.9 Å². The SMILES string of the molecule is [2H]C([2H])([2H])N(C(=O)C1CC1)c1cnc(Cl)nc1Cl. The van der Waals surface area contributed by atoms with Crippen molar-refractivity contribution < 1.29 is 8.91 Å². The highest BCUT2D eigenvalue weighted by Crippen LogP contribution is 2.33. The fourth-order valence-electron chi connectivity index (χ4n) is 1.12. The van der Waals surface area contributed by atoms with E-state index in [0.29, 0.717) is 17.7 Å². The Morgan fingerprint density at radius 1 is 1.67 bits per heavy atom. The lowest BCUT2D eigenvalue weighted by Gasteiger charge is -2.17. The Labute approximate surface area is 101 Å². The second kappa shape index (κ2) is 3.94. The van der Waals surface area contributed by atoms with Gasteiger partial charge >= 0.3 is 0 Å². The monoisotopic (exact) mass is 248 g/mol. The van der Waals surface area contributed by atoms with Crippen molar-refractivity contribution in [2.75, 3.05) is 11.9 Å². The van der Waals surface area contributed by atoms with E-state index in [0.717, 1.165) is 6.20 Å². The Morgan fingerprint density at radius 2 is 2.40 bits per heavy atom. The van der Waals surface area contributed by atoms with Crippen molar-refractivity contribution in [1.29, 1.82) is 0 Å². The molecule has 0 unspecified atom stereocenters. The van der Waals surface area contributed by atoms with Gasteiger partial charge in [-0.2, -0.15) is 0 Å². The number of carbonyl (C=O) groups is 1. The normalized spacial score (nSPS) is 18.9. The molecule has 0 bridgehead atoms. The van der Waals surface area contributed by atoms with Gasteiger partial charge in [0.1, 0.15) is 0 Å². The van der Waals surface area contributed by atoms with E-state index in [2.05, 4.69) is 9.97 Å². The number of nitrogens with zero attached hydrogens (tertiary/aromatic N) is 3. The van der Waals surface area contributed by atoms with Crippen LogP contribution < -0.4 is 4.90 Å². The van der Waals surface area contributed by atoms with E-state index < -0.39 is 12.9 Å². The number of amides is 1. The minimum Gasteiger partial charge on any atom is -0.311 e. The first-order chi connectivity index (χ1) is 8.30. The van der Waals surface area contributed by atoms with Gasteiger partial charge in [-0.1, -0.05) is 11.6 Å². The third-order valence-electron chi connectivity index (χ3n) is 2.08. The molecule has 80 valence electrons. The Kier molecular flexibility index (Phi) is 1.95. The Bertz CT molecular complexity index is 490. The van der Waals surface area contributed by atoms with Gasteiger partial charge in [-0.15, -0.1) is 0 Å². The zero-order valence-electron chi connectivity index (χ0n) is 10.6. The number of carbonyl (C=O) groups excluding carboxylic acids is 1. The zero-order chi connectivity index (χ0) is 13.5. The molecule has 0 radical (unpaired) electrons. The Morgan fingerprint density at radius 3 is 2.93 bits per heavy atom. The molecule has 0 saturated heterocycles. The summed E-state index contributed by atoms with van der Waals surface area (Å²) in [6.45, 7) is -2.62. The number of hydrogen-bond donors (Lipinski definition) is 0. The maximum absolute atomic E-state index is 12.0. The fraction of sp³-hybridized carbons (Fsp3) is 0.444. The van der Waals surface area contributed by atoms with E-state index in [1.807, 2.05) is 0 Å². The van der Waals surface area contributed by atoms with Gasteiger partial charge in [-0.25, -0.2) is 9.97 Å². The Hall–Kier alpha value is -0.870. The lowest BCUT2D eigenvalue weighted by molar-refractivity contribution is -0.119.